The number of amides is 1. The van der Waals surface area contributed by atoms with Gasteiger partial charge < -0.3 is 15.5 Å². The first-order chi connectivity index (χ1) is 12.4. The summed E-state index contributed by atoms with van der Waals surface area (Å²) >= 11 is 16.9. The summed E-state index contributed by atoms with van der Waals surface area (Å²) in [6.07, 6.45) is 2.33. The van der Waals surface area contributed by atoms with E-state index in [2.05, 4.69) is 15.8 Å². The first kappa shape index (κ1) is 18.7. The Kier molecular flexibility index (Phi) is 5.50. The van der Waals surface area contributed by atoms with Gasteiger partial charge in [-0.25, -0.2) is 0 Å². The molecule has 2 aromatic rings. The third-order valence-electron chi connectivity index (χ3n) is 4.03. The maximum absolute atomic E-state index is 12.7. The van der Waals surface area contributed by atoms with Gasteiger partial charge in [0, 0.05) is 17.5 Å². The van der Waals surface area contributed by atoms with Crippen molar-refractivity contribution in [1.29, 1.82) is 0 Å². The minimum absolute atomic E-state index is 0.0827. The lowest BCUT2D eigenvalue weighted by atomic mass is 9.93. The molecule has 0 saturated carbocycles. The predicted octanol–water partition coefficient (Wildman–Crippen LogP) is 4.02. The number of nitrogens with two attached hydrogens (primary N) is 1. The van der Waals surface area contributed by atoms with Crippen LogP contribution in [-0.4, -0.2) is 16.7 Å². The molecule has 1 heterocycles. The number of hydrogen-bond acceptors (Lipinski definition) is 4. The van der Waals surface area contributed by atoms with Gasteiger partial charge in [0.2, 0.25) is 0 Å². The van der Waals surface area contributed by atoms with Gasteiger partial charge in [0.25, 0.3) is 5.91 Å². The van der Waals surface area contributed by atoms with Gasteiger partial charge in [-0.2, -0.15) is 5.10 Å². The fourth-order valence-corrected chi connectivity index (χ4v) is 3.29. The molecule has 0 fully saturated rings. The lowest BCUT2D eigenvalue weighted by Gasteiger charge is -2.13. The van der Waals surface area contributed by atoms with Crippen LogP contribution in [0.25, 0.3) is 0 Å². The molecule has 3 rings (SSSR count). The summed E-state index contributed by atoms with van der Waals surface area (Å²) < 4.78 is 5.82. The molecular weight excluding hydrogens is 395 g/mol. The number of furan rings is 1. The number of anilines is 1. The summed E-state index contributed by atoms with van der Waals surface area (Å²) in [5, 5.41) is 7.69. The van der Waals surface area contributed by atoms with Crippen LogP contribution in [0.5, 0.6) is 0 Å². The average Bonchev–Trinajstić information content (AvgIpc) is 2.95. The van der Waals surface area contributed by atoms with Crippen LogP contribution < -0.4 is 16.5 Å². The first-order valence-corrected chi connectivity index (χ1v) is 9.05. The Morgan fingerprint density at radius 2 is 2.12 bits per heavy atom. The van der Waals surface area contributed by atoms with Gasteiger partial charge in [-0.3, -0.25) is 10.2 Å². The Morgan fingerprint density at radius 3 is 2.85 bits per heavy atom. The quantitative estimate of drug-likeness (QED) is 0.524. The molecule has 0 atom stereocenters. The number of hydrazone groups is 1. The summed E-state index contributed by atoms with van der Waals surface area (Å²) in [6, 6.07) is 5.02. The number of thiocarbonyl (C=S) groups is 1. The molecule has 1 amide bonds. The van der Waals surface area contributed by atoms with E-state index < -0.39 is 5.91 Å². The second-order valence-corrected chi connectivity index (χ2v) is 7.02. The first-order valence-electron chi connectivity index (χ1n) is 7.88. The summed E-state index contributed by atoms with van der Waals surface area (Å²) in [5.74, 6) is 0.540. The molecule has 0 saturated heterocycles. The summed E-state index contributed by atoms with van der Waals surface area (Å²) in [4.78, 5) is 12.7. The number of nitrogens with one attached hydrogen (secondary N) is 2. The van der Waals surface area contributed by atoms with E-state index in [4.69, 9.17) is 45.6 Å². The van der Waals surface area contributed by atoms with E-state index in [-0.39, 0.29) is 15.9 Å². The number of halogens is 2. The van der Waals surface area contributed by atoms with Crippen LogP contribution in [0.2, 0.25) is 10.0 Å². The van der Waals surface area contributed by atoms with E-state index in [1.165, 1.54) is 0 Å². The topological polar surface area (TPSA) is 92.6 Å². The normalized spacial score (nSPS) is 14.8. The van der Waals surface area contributed by atoms with E-state index in [9.17, 15) is 4.79 Å². The number of aryl methyl sites for hydroxylation is 1. The third-order valence-corrected chi connectivity index (χ3v) is 4.94. The smallest absolute Gasteiger partial charge is 0.291 e. The molecular formula is C17H16Cl2N4O2S. The van der Waals surface area contributed by atoms with Crippen molar-refractivity contribution in [2.45, 2.75) is 26.2 Å². The lowest BCUT2D eigenvalue weighted by Crippen LogP contribution is -2.26. The Bertz CT molecular complexity index is 924. The van der Waals surface area contributed by atoms with Gasteiger partial charge in [0.05, 0.1) is 21.4 Å². The maximum atomic E-state index is 12.7. The Balaban J connectivity index is 1.92. The van der Waals surface area contributed by atoms with E-state index >= 15 is 0 Å². The highest BCUT2D eigenvalue weighted by Crippen LogP contribution is 2.32. The monoisotopic (exact) mass is 410 g/mol. The second-order valence-electron chi connectivity index (χ2n) is 5.80. The molecule has 0 unspecified atom stereocenters. The Morgan fingerprint density at radius 1 is 1.35 bits per heavy atom. The molecule has 1 aliphatic carbocycles. The molecule has 4 N–H and O–H groups in total. The zero-order chi connectivity index (χ0) is 18.8. The van der Waals surface area contributed by atoms with Crippen molar-refractivity contribution in [2.24, 2.45) is 10.8 Å². The van der Waals surface area contributed by atoms with Crippen molar-refractivity contribution >= 4 is 57.8 Å². The molecule has 26 heavy (non-hydrogen) atoms. The van der Waals surface area contributed by atoms with Gasteiger partial charge in [-0.15, -0.1) is 0 Å². The van der Waals surface area contributed by atoms with Crippen molar-refractivity contribution in [3.05, 3.63) is 50.9 Å². The van der Waals surface area contributed by atoms with Gasteiger partial charge >= 0.3 is 0 Å². The minimum atomic E-state index is -0.400. The predicted molar refractivity (Wildman–Crippen MR) is 107 cm³/mol. The second kappa shape index (κ2) is 7.65. The number of carbonyl (C=O) groups excluding carboxylic acids is 1. The number of fused-ring (bicyclic) bond motifs is 1. The van der Waals surface area contributed by atoms with E-state index in [1.54, 1.807) is 18.2 Å². The van der Waals surface area contributed by atoms with Crippen molar-refractivity contribution in [1.82, 2.24) is 5.43 Å². The molecule has 1 aliphatic rings. The van der Waals surface area contributed by atoms with Crippen LogP contribution in [0, 0.1) is 6.92 Å². The summed E-state index contributed by atoms with van der Waals surface area (Å²) in [5.41, 5.74) is 10.7. The zero-order valence-corrected chi connectivity index (χ0v) is 16.2. The fraction of sp³-hybridized carbons (Fsp3) is 0.235. The average molecular weight is 411 g/mol. The van der Waals surface area contributed by atoms with Crippen LogP contribution in [-0.2, 0) is 6.42 Å². The van der Waals surface area contributed by atoms with E-state index in [0.29, 0.717) is 16.3 Å². The highest BCUT2D eigenvalue weighted by atomic mass is 35.5. The minimum Gasteiger partial charge on any atom is -0.455 e. The van der Waals surface area contributed by atoms with E-state index in [1.807, 2.05) is 6.92 Å². The maximum Gasteiger partial charge on any atom is 0.291 e. The van der Waals surface area contributed by atoms with Gasteiger partial charge in [0.15, 0.2) is 10.9 Å². The molecule has 1 aromatic carbocycles. The standard InChI is InChI=1S/C17H16Cl2N4O2S/c1-8-13-10(22-23-17(20)26)5-3-7-12(13)25-15(8)16(24)21-11-6-2-4-9(18)14(11)19/h2,4,6H,3,5,7H2,1H3,(H,21,24)(H3,20,23,26)/b22-10+. The SMILES string of the molecule is Cc1c(C(=O)Nc2cccc(Cl)c2Cl)oc2c1/C(=N/NC(N)=S)CCC2. The van der Waals surface area contributed by atoms with Crippen LogP contribution in [0.1, 0.15) is 40.3 Å². The van der Waals surface area contributed by atoms with Crippen LogP contribution in [0.15, 0.2) is 27.7 Å². The van der Waals surface area contributed by atoms with Gasteiger partial charge in [0.1, 0.15) is 5.76 Å². The van der Waals surface area contributed by atoms with Crippen molar-refractivity contribution < 1.29 is 9.21 Å². The van der Waals surface area contributed by atoms with E-state index in [0.717, 1.165) is 36.3 Å². The summed E-state index contributed by atoms with van der Waals surface area (Å²) in [6.45, 7) is 1.82. The van der Waals surface area contributed by atoms with Crippen LogP contribution in [0.4, 0.5) is 5.69 Å². The number of rotatable bonds is 3. The summed E-state index contributed by atoms with van der Waals surface area (Å²) in [7, 11) is 0. The largest absolute Gasteiger partial charge is 0.455 e. The molecule has 9 heteroatoms. The zero-order valence-electron chi connectivity index (χ0n) is 13.9. The van der Waals surface area contributed by atoms with Crippen LogP contribution >= 0.6 is 35.4 Å². The molecule has 136 valence electrons. The number of benzene rings is 1. The molecule has 0 radical (unpaired) electrons. The van der Waals surface area contributed by atoms with Crippen molar-refractivity contribution in [2.75, 3.05) is 5.32 Å². The van der Waals surface area contributed by atoms with Crippen LogP contribution in [0.3, 0.4) is 0 Å². The molecule has 6 nitrogen and oxygen atoms in total. The molecule has 0 aliphatic heterocycles. The molecule has 0 bridgehead atoms. The van der Waals surface area contributed by atoms with Gasteiger partial charge in [-0.1, -0.05) is 29.3 Å². The Labute approximate surface area is 165 Å². The molecule has 1 aromatic heterocycles. The Hall–Kier alpha value is -2.09. The number of nitrogens with zero attached hydrogens (tertiary/aromatic N) is 1. The van der Waals surface area contributed by atoms with Gasteiger partial charge in [-0.05, 0) is 44.1 Å². The fourth-order valence-electron chi connectivity index (χ4n) is 2.90. The highest BCUT2D eigenvalue weighted by molar-refractivity contribution is 7.80. The lowest BCUT2D eigenvalue weighted by molar-refractivity contribution is 0.0994. The molecule has 0 spiro atoms. The number of hydrogen-bond donors (Lipinski definition) is 3. The third kappa shape index (κ3) is 3.70. The van der Waals surface area contributed by atoms with Crippen molar-refractivity contribution in [3.8, 4) is 0 Å². The highest BCUT2D eigenvalue weighted by Gasteiger charge is 2.28. The van der Waals surface area contributed by atoms with Crippen molar-refractivity contribution in [3.63, 3.8) is 0 Å². The number of carbonyl (C=O) groups is 1.